The minimum Gasteiger partial charge on any atom is -0.479 e. The molecular weight excluding hydrogens is 375 g/mol. The number of nitrogens with one attached hydrogen (secondary N) is 2. The molecule has 27 heavy (non-hydrogen) atoms. The number of aliphatic hydroxyl groups is 3. The Morgan fingerprint density at radius 1 is 1.19 bits per heavy atom. The van der Waals surface area contributed by atoms with Crippen LogP contribution in [-0.4, -0.2) is 68.5 Å². The molecule has 2 aliphatic rings. The van der Waals surface area contributed by atoms with Gasteiger partial charge in [0.05, 0.1) is 12.3 Å². The molecule has 0 spiro atoms. The molecule has 6 N–H and O–H groups in total. The molecule has 0 saturated carbocycles. The number of hydrogen-bond donors (Lipinski definition) is 6. The predicted molar refractivity (Wildman–Crippen MR) is 81.6 cm³/mol. The molecule has 3 rings (SSSR count). The first-order valence-electron chi connectivity index (χ1n) is 7.76. The fraction of sp³-hybridized carbons (Fsp3) is 0.400. The molecule has 0 amide bonds. The summed E-state index contributed by atoms with van der Waals surface area (Å²) in [4.78, 5) is 11.2. The van der Waals surface area contributed by atoms with Crippen LogP contribution in [0.1, 0.15) is 5.56 Å². The van der Waals surface area contributed by atoms with Crippen LogP contribution >= 0.6 is 0 Å². The van der Waals surface area contributed by atoms with Crippen LogP contribution in [0.3, 0.4) is 0 Å². The highest BCUT2D eigenvalue weighted by atomic mass is 19.2. The van der Waals surface area contributed by atoms with E-state index in [4.69, 9.17) is 9.84 Å². The molecule has 0 aliphatic carbocycles. The van der Waals surface area contributed by atoms with Crippen LogP contribution in [0.2, 0.25) is 0 Å². The number of hydrogen-bond acceptors (Lipinski definition) is 8. The molecule has 148 valence electrons. The van der Waals surface area contributed by atoms with Crippen molar-refractivity contribution in [1.82, 2.24) is 16.0 Å². The SMILES string of the molecule is O=C(O)[C@@H]1O[C@H](CO)[C@H](O)[C@H](N2C=C(c3cc(F)c(F)c(F)c3)NN2)[C@H]1O. The lowest BCUT2D eigenvalue weighted by Gasteiger charge is -2.44. The highest BCUT2D eigenvalue weighted by Crippen LogP contribution is 2.28. The lowest BCUT2D eigenvalue weighted by Crippen LogP contribution is -2.67. The van der Waals surface area contributed by atoms with Crippen molar-refractivity contribution in [1.29, 1.82) is 0 Å². The Kier molecular flexibility index (Phi) is 5.26. The van der Waals surface area contributed by atoms with Gasteiger partial charge in [-0.15, -0.1) is 5.53 Å². The van der Waals surface area contributed by atoms with Crippen LogP contribution in [-0.2, 0) is 9.53 Å². The summed E-state index contributed by atoms with van der Waals surface area (Å²) in [5.41, 5.74) is 5.00. The van der Waals surface area contributed by atoms with Crippen molar-refractivity contribution in [3.05, 3.63) is 41.3 Å². The zero-order valence-corrected chi connectivity index (χ0v) is 13.5. The highest BCUT2D eigenvalue weighted by molar-refractivity contribution is 5.73. The van der Waals surface area contributed by atoms with E-state index in [9.17, 15) is 33.3 Å². The number of nitrogens with zero attached hydrogens (tertiary/aromatic N) is 1. The Balaban J connectivity index is 1.90. The maximum absolute atomic E-state index is 13.4. The van der Waals surface area contributed by atoms with Gasteiger partial charge in [0.2, 0.25) is 0 Å². The summed E-state index contributed by atoms with van der Waals surface area (Å²) in [6.45, 7) is -0.708. The smallest absolute Gasteiger partial charge is 0.335 e. The maximum Gasteiger partial charge on any atom is 0.335 e. The van der Waals surface area contributed by atoms with Crippen LogP contribution in [0.5, 0.6) is 0 Å². The van der Waals surface area contributed by atoms with Gasteiger partial charge in [-0.25, -0.2) is 18.0 Å². The summed E-state index contributed by atoms with van der Waals surface area (Å²) >= 11 is 0. The Hall–Kier alpha value is -2.38. The van der Waals surface area contributed by atoms with Crippen molar-refractivity contribution in [3.63, 3.8) is 0 Å². The number of hydrazine groups is 2. The number of ether oxygens (including phenoxy) is 1. The van der Waals surface area contributed by atoms with E-state index in [0.717, 1.165) is 17.1 Å². The molecule has 0 radical (unpaired) electrons. The second kappa shape index (κ2) is 7.32. The third-order valence-electron chi connectivity index (χ3n) is 4.34. The van der Waals surface area contributed by atoms with E-state index in [2.05, 4.69) is 11.0 Å². The van der Waals surface area contributed by atoms with Crippen LogP contribution < -0.4 is 11.0 Å². The number of aliphatic hydroxyl groups excluding tert-OH is 3. The van der Waals surface area contributed by atoms with Gasteiger partial charge in [-0.3, -0.25) is 5.01 Å². The Morgan fingerprint density at radius 2 is 1.81 bits per heavy atom. The van der Waals surface area contributed by atoms with Crippen LogP contribution in [0, 0.1) is 17.5 Å². The van der Waals surface area contributed by atoms with Crippen molar-refractivity contribution in [3.8, 4) is 0 Å². The molecule has 1 aromatic carbocycles. The molecule has 1 saturated heterocycles. The topological polar surface area (TPSA) is 135 Å². The first kappa shape index (κ1) is 19.4. The van der Waals surface area contributed by atoms with Gasteiger partial charge in [-0.1, -0.05) is 0 Å². The van der Waals surface area contributed by atoms with Crippen molar-refractivity contribution in [2.75, 3.05) is 6.61 Å². The number of aliphatic carboxylic acids is 1. The maximum atomic E-state index is 13.4. The predicted octanol–water partition coefficient (Wildman–Crippen LogP) is -1.34. The third-order valence-corrected chi connectivity index (χ3v) is 4.34. The van der Waals surface area contributed by atoms with Crippen LogP contribution in [0.15, 0.2) is 18.3 Å². The van der Waals surface area contributed by atoms with E-state index in [1.165, 1.54) is 6.20 Å². The Labute approximate surface area is 150 Å². The number of benzene rings is 1. The van der Waals surface area contributed by atoms with E-state index >= 15 is 0 Å². The van der Waals surface area contributed by atoms with Gasteiger partial charge in [0.25, 0.3) is 0 Å². The monoisotopic (exact) mass is 391 g/mol. The Morgan fingerprint density at radius 3 is 2.37 bits per heavy atom. The number of rotatable bonds is 4. The van der Waals surface area contributed by atoms with E-state index in [0.29, 0.717) is 0 Å². The van der Waals surface area contributed by atoms with Gasteiger partial charge in [0.1, 0.15) is 24.4 Å². The summed E-state index contributed by atoms with van der Waals surface area (Å²) in [6.07, 6.45) is -5.05. The van der Waals surface area contributed by atoms with Gasteiger partial charge in [0.15, 0.2) is 23.6 Å². The summed E-state index contributed by atoms with van der Waals surface area (Å²) in [5, 5.41) is 40.1. The molecule has 2 aliphatic heterocycles. The van der Waals surface area contributed by atoms with Gasteiger partial charge in [0, 0.05) is 11.8 Å². The highest BCUT2D eigenvalue weighted by Gasteiger charge is 2.50. The van der Waals surface area contributed by atoms with Crippen molar-refractivity contribution in [2.24, 2.45) is 0 Å². The minimum atomic E-state index is -1.73. The minimum absolute atomic E-state index is 0.0612. The number of carbonyl (C=O) groups is 1. The van der Waals surface area contributed by atoms with Gasteiger partial charge >= 0.3 is 5.97 Å². The molecule has 0 aromatic heterocycles. The van der Waals surface area contributed by atoms with E-state index in [1.54, 1.807) is 0 Å². The largest absolute Gasteiger partial charge is 0.479 e. The number of halogens is 3. The second-order valence-corrected chi connectivity index (χ2v) is 6.03. The summed E-state index contributed by atoms with van der Waals surface area (Å²) in [5.74, 6) is -5.96. The summed E-state index contributed by atoms with van der Waals surface area (Å²) in [6, 6.07) is 0.170. The fourth-order valence-electron chi connectivity index (χ4n) is 2.98. The summed E-state index contributed by atoms with van der Waals surface area (Å²) < 4.78 is 44.9. The molecule has 0 bridgehead atoms. The normalized spacial score (nSPS) is 30.8. The first-order chi connectivity index (χ1) is 12.7. The molecule has 0 unspecified atom stereocenters. The molecule has 12 heteroatoms. The third kappa shape index (κ3) is 3.44. The van der Waals surface area contributed by atoms with Crippen molar-refractivity contribution in [2.45, 2.75) is 30.5 Å². The quantitative estimate of drug-likeness (QED) is 0.345. The van der Waals surface area contributed by atoms with Gasteiger partial charge in [-0.05, 0) is 12.1 Å². The second-order valence-electron chi connectivity index (χ2n) is 6.03. The molecular formula is C15H16F3N3O6. The zero-order valence-electron chi connectivity index (χ0n) is 13.5. The summed E-state index contributed by atoms with van der Waals surface area (Å²) in [7, 11) is 0. The van der Waals surface area contributed by atoms with Crippen LogP contribution in [0.25, 0.3) is 5.70 Å². The molecule has 2 heterocycles. The average molecular weight is 391 g/mol. The number of carboxylic acid groups (broad SMARTS) is 1. The lowest BCUT2D eigenvalue weighted by molar-refractivity contribution is -0.221. The lowest BCUT2D eigenvalue weighted by atomic mass is 9.92. The average Bonchev–Trinajstić information content (AvgIpc) is 3.09. The van der Waals surface area contributed by atoms with Crippen LogP contribution in [0.4, 0.5) is 13.2 Å². The van der Waals surface area contributed by atoms with Crippen molar-refractivity contribution < 1.29 is 43.1 Å². The van der Waals surface area contributed by atoms with E-state index in [1.807, 2.05) is 0 Å². The molecule has 1 aromatic rings. The Bertz CT molecular complexity index is 756. The molecule has 9 nitrogen and oxygen atoms in total. The van der Waals surface area contributed by atoms with Gasteiger partial charge < -0.3 is 30.6 Å². The van der Waals surface area contributed by atoms with E-state index < -0.39 is 60.5 Å². The number of carboxylic acids is 1. The molecule has 5 atom stereocenters. The molecule has 1 fully saturated rings. The standard InChI is InChI=1S/C15H16F3N3O6/c16-6-1-5(2-7(17)10(6)18)8-3-21(20-19-8)11-12(23)9(4-22)27-14(13(11)24)15(25)26/h1-3,9,11-14,19-20,22-24H,4H2,(H,25,26)/t9-,11+,12+,13-,14-/m1/s1. The fourth-order valence-corrected chi connectivity index (χ4v) is 2.98. The van der Waals surface area contributed by atoms with Crippen molar-refractivity contribution >= 4 is 11.7 Å². The first-order valence-corrected chi connectivity index (χ1v) is 7.76. The van der Waals surface area contributed by atoms with E-state index in [-0.39, 0.29) is 11.3 Å². The van der Waals surface area contributed by atoms with Gasteiger partial charge in [-0.2, -0.15) is 0 Å². The zero-order chi connectivity index (χ0) is 19.9.